The van der Waals surface area contributed by atoms with Crippen molar-refractivity contribution in [3.8, 4) is 0 Å². The number of hydrogen-bond acceptors (Lipinski definition) is 5. The van der Waals surface area contributed by atoms with Gasteiger partial charge in [-0.15, -0.1) is 0 Å². The molecule has 0 unspecified atom stereocenters. The first kappa shape index (κ1) is 18.3. The van der Waals surface area contributed by atoms with Gasteiger partial charge in [-0.1, -0.05) is 30.3 Å². The van der Waals surface area contributed by atoms with E-state index < -0.39 is 16.9 Å². The molecule has 0 heterocycles. The fourth-order valence-corrected chi connectivity index (χ4v) is 2.73. The number of carboxylic acid groups (broad SMARTS) is 1. The molecule has 0 spiro atoms. The number of hydrogen-bond donors (Lipinski definition) is 1. The predicted octanol–water partition coefficient (Wildman–Crippen LogP) is 3.77. The van der Waals surface area contributed by atoms with Gasteiger partial charge in [0.25, 0.3) is 5.69 Å². The van der Waals surface area contributed by atoms with Gasteiger partial charge in [0.2, 0.25) is 0 Å². The molecule has 0 aliphatic rings. The van der Waals surface area contributed by atoms with Gasteiger partial charge < -0.3 is 9.84 Å². The second-order valence-corrected chi connectivity index (χ2v) is 5.63. The average Bonchev–Trinajstić information content (AvgIpc) is 2.60. The van der Waals surface area contributed by atoms with Crippen LogP contribution < -0.4 is 0 Å². The van der Waals surface area contributed by atoms with E-state index in [1.54, 1.807) is 12.1 Å². The fourth-order valence-electron chi connectivity index (χ4n) is 2.21. The second-order valence-electron chi connectivity index (χ2n) is 4.84. The number of carboxylic acids is 1. The molecule has 7 nitrogen and oxygen atoms in total. The van der Waals surface area contributed by atoms with Crippen LogP contribution in [0.25, 0.3) is 11.6 Å². The molecule has 0 radical (unpaired) electrons. The summed E-state index contributed by atoms with van der Waals surface area (Å²) >= 11 is 3.15. The fraction of sp³-hybridized carbons (Fsp3) is 0.0588. The quantitative estimate of drug-likeness (QED) is 0.266. The molecular formula is C17H12BrNO6. The third kappa shape index (κ3) is 3.92. The van der Waals surface area contributed by atoms with Crippen molar-refractivity contribution in [2.75, 3.05) is 7.11 Å². The number of rotatable bonds is 5. The zero-order valence-corrected chi connectivity index (χ0v) is 14.5. The van der Waals surface area contributed by atoms with Gasteiger partial charge in [0, 0.05) is 11.6 Å². The molecular weight excluding hydrogens is 394 g/mol. The van der Waals surface area contributed by atoms with E-state index in [1.165, 1.54) is 43.5 Å². The van der Waals surface area contributed by atoms with E-state index in [9.17, 15) is 24.8 Å². The number of nitrogens with zero attached hydrogens (tertiary/aromatic N) is 1. The monoisotopic (exact) mass is 405 g/mol. The van der Waals surface area contributed by atoms with E-state index in [-0.39, 0.29) is 26.9 Å². The molecule has 0 saturated heterocycles. The van der Waals surface area contributed by atoms with Crippen LogP contribution in [0.15, 0.2) is 46.9 Å². The van der Waals surface area contributed by atoms with E-state index in [2.05, 4.69) is 15.9 Å². The SMILES string of the molecule is COC(=O)C(=Cc1cccc([N+](=O)[O-])c1Br)c1ccccc1C(=O)O. The van der Waals surface area contributed by atoms with E-state index in [0.717, 1.165) is 0 Å². The van der Waals surface area contributed by atoms with Crippen LogP contribution in [-0.2, 0) is 9.53 Å². The van der Waals surface area contributed by atoms with Gasteiger partial charge in [-0.3, -0.25) is 10.1 Å². The van der Waals surface area contributed by atoms with Crippen LogP contribution in [0, 0.1) is 10.1 Å². The van der Waals surface area contributed by atoms with Crippen LogP contribution >= 0.6 is 15.9 Å². The van der Waals surface area contributed by atoms with Crippen molar-refractivity contribution in [1.29, 1.82) is 0 Å². The zero-order valence-electron chi connectivity index (χ0n) is 12.9. The maximum absolute atomic E-state index is 12.2. The predicted molar refractivity (Wildman–Crippen MR) is 94.1 cm³/mol. The number of ether oxygens (including phenoxy) is 1. The van der Waals surface area contributed by atoms with Crippen molar-refractivity contribution in [3.05, 3.63) is 73.7 Å². The van der Waals surface area contributed by atoms with E-state index in [0.29, 0.717) is 5.56 Å². The summed E-state index contributed by atoms with van der Waals surface area (Å²) in [5, 5.41) is 20.4. The van der Waals surface area contributed by atoms with Gasteiger partial charge in [0.15, 0.2) is 0 Å². The zero-order chi connectivity index (χ0) is 18.6. The van der Waals surface area contributed by atoms with Crippen LogP contribution in [-0.4, -0.2) is 29.1 Å². The van der Waals surface area contributed by atoms with E-state index in [1.807, 2.05) is 0 Å². The molecule has 2 aromatic carbocycles. The third-order valence-corrected chi connectivity index (χ3v) is 4.22. The molecule has 25 heavy (non-hydrogen) atoms. The lowest BCUT2D eigenvalue weighted by Gasteiger charge is -2.10. The highest BCUT2D eigenvalue weighted by Crippen LogP contribution is 2.32. The summed E-state index contributed by atoms with van der Waals surface area (Å²) in [7, 11) is 1.17. The number of carbonyl (C=O) groups is 2. The van der Waals surface area contributed by atoms with Gasteiger partial charge in [-0.05, 0) is 33.6 Å². The highest BCUT2D eigenvalue weighted by molar-refractivity contribution is 9.10. The van der Waals surface area contributed by atoms with Crippen molar-refractivity contribution in [1.82, 2.24) is 0 Å². The Morgan fingerprint density at radius 2 is 1.80 bits per heavy atom. The lowest BCUT2D eigenvalue weighted by molar-refractivity contribution is -0.385. The summed E-state index contributed by atoms with van der Waals surface area (Å²) in [6, 6.07) is 10.3. The number of nitro groups is 1. The van der Waals surface area contributed by atoms with Crippen molar-refractivity contribution < 1.29 is 24.4 Å². The first-order valence-corrected chi connectivity index (χ1v) is 7.71. The lowest BCUT2D eigenvalue weighted by Crippen LogP contribution is -2.09. The van der Waals surface area contributed by atoms with Crippen LogP contribution in [0.3, 0.4) is 0 Å². The molecule has 0 aliphatic carbocycles. The molecule has 8 heteroatoms. The maximum Gasteiger partial charge on any atom is 0.338 e. The van der Waals surface area contributed by atoms with Gasteiger partial charge in [0.1, 0.15) is 4.47 Å². The summed E-state index contributed by atoms with van der Waals surface area (Å²) < 4.78 is 4.92. The Bertz CT molecular complexity index is 890. The molecule has 0 aliphatic heterocycles. The van der Waals surface area contributed by atoms with Crippen LogP contribution in [0.4, 0.5) is 5.69 Å². The molecule has 0 amide bonds. The number of esters is 1. The minimum atomic E-state index is -1.21. The first-order valence-electron chi connectivity index (χ1n) is 6.92. The smallest absolute Gasteiger partial charge is 0.338 e. The van der Waals surface area contributed by atoms with Crippen LogP contribution in [0.5, 0.6) is 0 Å². The summed E-state index contributed by atoms with van der Waals surface area (Å²) in [6.45, 7) is 0. The Morgan fingerprint density at radius 1 is 1.16 bits per heavy atom. The highest BCUT2D eigenvalue weighted by atomic mass is 79.9. The number of methoxy groups -OCH3 is 1. The Labute approximate surface area is 150 Å². The van der Waals surface area contributed by atoms with Gasteiger partial charge in [-0.2, -0.15) is 0 Å². The van der Waals surface area contributed by atoms with Gasteiger partial charge >= 0.3 is 11.9 Å². The lowest BCUT2D eigenvalue weighted by atomic mass is 9.97. The number of aromatic carboxylic acids is 1. The highest BCUT2D eigenvalue weighted by Gasteiger charge is 2.21. The second kappa shape index (κ2) is 7.71. The summed E-state index contributed by atoms with van der Waals surface area (Å²) in [5.41, 5.74) is 0.210. The molecule has 2 aromatic rings. The standard InChI is InChI=1S/C17H12BrNO6/c1-25-17(22)13(11-6-2-3-7-12(11)16(20)21)9-10-5-4-8-14(15(10)18)19(23)24/h2-9H,1H3,(H,20,21). The van der Waals surface area contributed by atoms with Gasteiger partial charge in [-0.25, -0.2) is 9.59 Å². The van der Waals surface area contributed by atoms with Crippen LogP contribution in [0.1, 0.15) is 21.5 Å². The number of carbonyl (C=O) groups excluding carboxylic acids is 1. The molecule has 0 bridgehead atoms. The van der Waals surface area contributed by atoms with Crippen molar-refractivity contribution >= 4 is 45.2 Å². The minimum Gasteiger partial charge on any atom is -0.478 e. The summed E-state index contributed by atoms with van der Waals surface area (Å²) in [6.07, 6.45) is 1.35. The number of halogens is 1. The van der Waals surface area contributed by atoms with Gasteiger partial charge in [0.05, 0.1) is 23.2 Å². The van der Waals surface area contributed by atoms with Crippen LogP contribution in [0.2, 0.25) is 0 Å². The third-order valence-electron chi connectivity index (χ3n) is 3.36. The molecule has 1 N–H and O–H groups in total. The van der Waals surface area contributed by atoms with E-state index in [4.69, 9.17) is 4.74 Å². The molecule has 2 rings (SSSR count). The summed E-state index contributed by atoms with van der Waals surface area (Å²) in [5.74, 6) is -1.96. The topological polar surface area (TPSA) is 107 Å². The average molecular weight is 406 g/mol. The Kier molecular flexibility index (Phi) is 5.66. The Balaban J connectivity index is 2.71. The molecule has 0 aromatic heterocycles. The molecule has 0 saturated carbocycles. The largest absolute Gasteiger partial charge is 0.478 e. The number of benzene rings is 2. The molecule has 0 atom stereocenters. The first-order chi connectivity index (χ1) is 11.9. The van der Waals surface area contributed by atoms with Crippen molar-refractivity contribution in [2.45, 2.75) is 0 Å². The normalized spacial score (nSPS) is 11.0. The maximum atomic E-state index is 12.2. The molecule has 128 valence electrons. The minimum absolute atomic E-state index is 0.0262. The van der Waals surface area contributed by atoms with Crippen molar-refractivity contribution in [3.63, 3.8) is 0 Å². The van der Waals surface area contributed by atoms with Crippen molar-refractivity contribution in [2.24, 2.45) is 0 Å². The summed E-state index contributed by atoms with van der Waals surface area (Å²) in [4.78, 5) is 34.1. The Morgan fingerprint density at radius 3 is 2.36 bits per heavy atom. The number of nitro benzene ring substituents is 1. The Hall–Kier alpha value is -3.00. The molecule has 0 fully saturated rings. The van der Waals surface area contributed by atoms with E-state index >= 15 is 0 Å².